The first-order valence-corrected chi connectivity index (χ1v) is 12.0. The van der Waals surface area contributed by atoms with E-state index in [1.54, 1.807) is 18.3 Å². The van der Waals surface area contributed by atoms with Gasteiger partial charge in [0.05, 0.1) is 11.3 Å². The topological polar surface area (TPSA) is 63.9 Å². The number of benzene rings is 1. The lowest BCUT2D eigenvalue weighted by molar-refractivity contribution is 0.0466. The molecule has 0 aliphatic heterocycles. The number of esters is 1. The Morgan fingerprint density at radius 1 is 1.03 bits per heavy atom. The van der Waals surface area contributed by atoms with Crippen molar-refractivity contribution in [1.29, 1.82) is 0 Å². The second-order valence-corrected chi connectivity index (χ2v) is 8.33. The van der Waals surface area contributed by atoms with Gasteiger partial charge < -0.3 is 9.64 Å². The molecule has 0 aliphatic rings. The fourth-order valence-corrected chi connectivity index (χ4v) is 4.08. The van der Waals surface area contributed by atoms with E-state index >= 15 is 0 Å². The highest BCUT2D eigenvalue weighted by molar-refractivity contribution is 5.89. The van der Waals surface area contributed by atoms with Crippen LogP contribution in [0.15, 0.2) is 47.4 Å². The summed E-state index contributed by atoms with van der Waals surface area (Å²) in [6.07, 6.45) is 4.63. The third-order valence-electron chi connectivity index (χ3n) is 6.16. The Morgan fingerprint density at radius 3 is 2.48 bits per heavy atom. The zero-order valence-corrected chi connectivity index (χ0v) is 20.3. The van der Waals surface area contributed by atoms with Crippen LogP contribution in [0, 0.1) is 6.92 Å². The summed E-state index contributed by atoms with van der Waals surface area (Å²) in [6.45, 7) is 11.2. The number of likely N-dealkylation sites (N-methyl/N-ethyl adjacent to an activating group) is 1. The lowest BCUT2D eigenvalue weighted by atomic mass is 10.00. The molecule has 0 bridgehead atoms. The van der Waals surface area contributed by atoms with Gasteiger partial charge in [0, 0.05) is 18.3 Å². The van der Waals surface area contributed by atoms with Crippen LogP contribution in [0.2, 0.25) is 0 Å². The molecule has 2 heterocycles. The van der Waals surface area contributed by atoms with Crippen molar-refractivity contribution in [2.24, 2.45) is 0 Å². The van der Waals surface area contributed by atoms with Crippen molar-refractivity contribution in [3.8, 4) is 0 Å². The van der Waals surface area contributed by atoms with Gasteiger partial charge in [-0.05, 0) is 62.5 Å². The van der Waals surface area contributed by atoms with E-state index in [2.05, 4.69) is 44.7 Å². The smallest absolute Gasteiger partial charge is 0.339 e. The van der Waals surface area contributed by atoms with E-state index in [0.717, 1.165) is 37.2 Å². The first-order valence-electron chi connectivity index (χ1n) is 12.0. The molecule has 1 aromatic carbocycles. The Labute approximate surface area is 196 Å². The maximum atomic E-state index is 13.3. The number of nitrogens with zero attached hydrogens (tertiary/aromatic N) is 3. The second-order valence-electron chi connectivity index (χ2n) is 8.33. The number of aryl methyl sites for hydroxylation is 3. The summed E-state index contributed by atoms with van der Waals surface area (Å²) < 4.78 is 6.92. The zero-order valence-electron chi connectivity index (χ0n) is 20.3. The van der Waals surface area contributed by atoms with Crippen molar-refractivity contribution in [2.45, 2.75) is 53.4 Å². The van der Waals surface area contributed by atoms with Crippen molar-refractivity contribution in [2.75, 3.05) is 26.2 Å². The molecule has 0 aliphatic carbocycles. The largest absolute Gasteiger partial charge is 0.461 e. The van der Waals surface area contributed by atoms with Gasteiger partial charge in [-0.1, -0.05) is 51.5 Å². The monoisotopic (exact) mass is 449 g/mol. The maximum Gasteiger partial charge on any atom is 0.339 e. The lowest BCUT2D eigenvalue weighted by Crippen LogP contribution is -2.28. The average molecular weight is 450 g/mol. The fraction of sp³-hybridized carbons (Fsp3) is 0.444. The normalized spacial score (nSPS) is 11.3. The molecular formula is C27H35N3O3. The molecule has 2 aromatic heterocycles. The number of ether oxygens (including phenoxy) is 1. The molecule has 0 N–H and O–H groups in total. The van der Waals surface area contributed by atoms with Gasteiger partial charge in [0.1, 0.15) is 12.3 Å². The third-order valence-corrected chi connectivity index (χ3v) is 6.16. The van der Waals surface area contributed by atoms with Crippen molar-refractivity contribution >= 4 is 11.6 Å². The van der Waals surface area contributed by atoms with Gasteiger partial charge in [0.15, 0.2) is 0 Å². The number of aromatic nitrogens is 2. The minimum Gasteiger partial charge on any atom is -0.461 e. The quantitative estimate of drug-likeness (QED) is 0.410. The first-order chi connectivity index (χ1) is 16.0. The van der Waals surface area contributed by atoms with E-state index in [9.17, 15) is 9.59 Å². The average Bonchev–Trinajstić information content (AvgIpc) is 2.83. The predicted molar refractivity (Wildman–Crippen MR) is 132 cm³/mol. The van der Waals surface area contributed by atoms with Crippen LogP contribution in [0.3, 0.4) is 0 Å². The molecule has 6 nitrogen and oxygen atoms in total. The van der Waals surface area contributed by atoms with Crippen molar-refractivity contribution in [3.63, 3.8) is 0 Å². The molecule has 3 aromatic rings. The van der Waals surface area contributed by atoms with Crippen LogP contribution < -0.4 is 5.56 Å². The van der Waals surface area contributed by atoms with Crippen LogP contribution >= 0.6 is 0 Å². The molecule has 33 heavy (non-hydrogen) atoms. The van der Waals surface area contributed by atoms with Gasteiger partial charge in [-0.25, -0.2) is 9.78 Å². The molecule has 176 valence electrons. The third kappa shape index (κ3) is 6.08. The summed E-state index contributed by atoms with van der Waals surface area (Å²) in [6, 6.07) is 11.7. The van der Waals surface area contributed by atoms with E-state index < -0.39 is 5.97 Å². The van der Waals surface area contributed by atoms with E-state index in [4.69, 9.17) is 9.72 Å². The first kappa shape index (κ1) is 24.6. The number of rotatable bonds is 11. The zero-order chi connectivity index (χ0) is 23.8. The summed E-state index contributed by atoms with van der Waals surface area (Å²) in [5.74, 6) is -0.420. The number of pyridine rings is 1. The summed E-state index contributed by atoms with van der Waals surface area (Å²) in [5.41, 5.74) is 4.91. The summed E-state index contributed by atoms with van der Waals surface area (Å²) in [5, 5.41) is 0. The fourth-order valence-electron chi connectivity index (χ4n) is 4.08. The Bertz CT molecular complexity index is 1150. The van der Waals surface area contributed by atoms with Crippen LogP contribution in [0.4, 0.5) is 0 Å². The minimum absolute atomic E-state index is 0.0978. The summed E-state index contributed by atoms with van der Waals surface area (Å²) in [4.78, 5) is 32.9. The molecule has 6 heteroatoms. The molecule has 0 saturated heterocycles. The highest BCUT2D eigenvalue weighted by Crippen LogP contribution is 2.15. The van der Waals surface area contributed by atoms with Crippen molar-refractivity contribution in [3.05, 3.63) is 80.9 Å². The number of fused-ring (bicyclic) bond motifs is 1. The lowest BCUT2D eigenvalue weighted by Gasteiger charge is -2.17. The highest BCUT2D eigenvalue weighted by Gasteiger charge is 2.15. The van der Waals surface area contributed by atoms with Crippen LogP contribution in [-0.4, -0.2) is 46.5 Å². The highest BCUT2D eigenvalue weighted by atomic mass is 16.5. The van der Waals surface area contributed by atoms with Crippen LogP contribution in [-0.2, 0) is 24.0 Å². The second kappa shape index (κ2) is 11.8. The standard InChI is InChI=1S/C27H35N3O3/c1-5-10-23-24(15-13-21-12-9-8-11-20(21)4)28-25-16-14-22(19-30(25)26(23)31)27(32)33-18-17-29(6-2)7-3/h8-9,11-12,14,16,19H,5-7,10,13,15,17-18H2,1-4H3. The van der Waals surface area contributed by atoms with E-state index in [0.29, 0.717) is 37.2 Å². The van der Waals surface area contributed by atoms with Gasteiger partial charge in [0.25, 0.3) is 5.56 Å². The molecule has 0 saturated carbocycles. The number of carbonyl (C=O) groups excluding carboxylic acids is 1. The van der Waals surface area contributed by atoms with E-state index in [1.807, 2.05) is 12.1 Å². The van der Waals surface area contributed by atoms with Crippen molar-refractivity contribution in [1.82, 2.24) is 14.3 Å². The molecule has 0 radical (unpaired) electrons. The van der Waals surface area contributed by atoms with E-state index in [1.165, 1.54) is 15.5 Å². The van der Waals surface area contributed by atoms with Gasteiger partial charge >= 0.3 is 5.97 Å². The summed E-state index contributed by atoms with van der Waals surface area (Å²) in [7, 11) is 0. The van der Waals surface area contributed by atoms with Crippen LogP contribution in [0.1, 0.15) is 59.9 Å². The minimum atomic E-state index is -0.420. The Balaban J connectivity index is 1.84. The van der Waals surface area contributed by atoms with Gasteiger partial charge in [-0.15, -0.1) is 0 Å². The SMILES string of the molecule is CCCc1c(CCc2ccccc2C)nc2ccc(C(=O)OCCN(CC)CC)cn2c1=O. The van der Waals surface area contributed by atoms with Gasteiger partial charge in [0.2, 0.25) is 0 Å². The Kier molecular flexibility index (Phi) is 8.78. The molecule has 0 amide bonds. The molecular weight excluding hydrogens is 414 g/mol. The molecule has 0 unspecified atom stereocenters. The van der Waals surface area contributed by atoms with Crippen LogP contribution in [0.5, 0.6) is 0 Å². The molecule has 0 atom stereocenters. The van der Waals surface area contributed by atoms with E-state index in [-0.39, 0.29) is 5.56 Å². The molecule has 3 rings (SSSR count). The van der Waals surface area contributed by atoms with Gasteiger partial charge in [-0.3, -0.25) is 9.20 Å². The van der Waals surface area contributed by atoms with Gasteiger partial charge in [-0.2, -0.15) is 0 Å². The molecule has 0 spiro atoms. The Morgan fingerprint density at radius 2 is 1.79 bits per heavy atom. The van der Waals surface area contributed by atoms with Crippen molar-refractivity contribution < 1.29 is 9.53 Å². The predicted octanol–water partition coefficient (Wildman–Crippen LogP) is 4.24. The number of hydrogen-bond donors (Lipinski definition) is 0. The van der Waals surface area contributed by atoms with Crippen LogP contribution in [0.25, 0.3) is 5.65 Å². The molecule has 0 fully saturated rings. The Hall–Kier alpha value is -2.99. The summed E-state index contributed by atoms with van der Waals surface area (Å²) >= 11 is 0. The number of carbonyl (C=O) groups is 1. The maximum absolute atomic E-state index is 13.3. The number of hydrogen-bond acceptors (Lipinski definition) is 5.